The zero-order valence-electron chi connectivity index (χ0n) is 11.2. The number of likely N-dealkylation sites (tertiary alicyclic amines) is 1. The van der Waals surface area contributed by atoms with Gasteiger partial charge in [0.1, 0.15) is 0 Å². The number of aliphatic hydroxyl groups excluding tert-OH is 1. The van der Waals surface area contributed by atoms with Crippen molar-refractivity contribution >= 4 is 0 Å². The Bertz CT molecular complexity index is 218. The molecule has 0 aromatic carbocycles. The van der Waals surface area contributed by atoms with E-state index < -0.39 is 0 Å². The van der Waals surface area contributed by atoms with Gasteiger partial charge in [-0.05, 0) is 51.1 Å². The van der Waals surface area contributed by atoms with E-state index in [9.17, 15) is 5.11 Å². The number of β-amino-alcohol motifs (C(OH)–C–C–N with tert-alkyl or cyclic N) is 1. The summed E-state index contributed by atoms with van der Waals surface area (Å²) in [6, 6.07) is 0.707. The molecule has 2 rings (SSSR count). The number of nitrogens with zero attached hydrogens (tertiary/aromatic N) is 1. The van der Waals surface area contributed by atoms with Crippen LogP contribution in [0.3, 0.4) is 0 Å². The molecule has 0 aromatic rings. The van der Waals surface area contributed by atoms with Crippen molar-refractivity contribution in [3.63, 3.8) is 0 Å². The fourth-order valence-electron chi connectivity index (χ4n) is 2.77. The number of hydrogen-bond acceptors (Lipinski definition) is 3. The predicted octanol–water partition coefficient (Wildman–Crippen LogP) is 1.61. The van der Waals surface area contributed by atoms with Crippen molar-refractivity contribution in [2.24, 2.45) is 5.92 Å². The summed E-state index contributed by atoms with van der Waals surface area (Å²) in [6.45, 7) is 6.29. The SMILES string of the molecule is CCC1CCCN(CC(O)CNC2CC2)CC1. The molecule has 3 nitrogen and oxygen atoms in total. The van der Waals surface area contributed by atoms with Gasteiger partial charge in [-0.25, -0.2) is 0 Å². The smallest absolute Gasteiger partial charge is 0.0791 e. The fourth-order valence-corrected chi connectivity index (χ4v) is 2.77. The molecule has 1 heterocycles. The van der Waals surface area contributed by atoms with Crippen LogP contribution in [0.4, 0.5) is 0 Å². The van der Waals surface area contributed by atoms with E-state index in [1.807, 2.05) is 0 Å². The molecular weight excluding hydrogens is 212 g/mol. The molecule has 17 heavy (non-hydrogen) atoms. The Kier molecular flexibility index (Phi) is 5.26. The lowest BCUT2D eigenvalue weighted by molar-refractivity contribution is 0.112. The zero-order chi connectivity index (χ0) is 12.1. The van der Waals surface area contributed by atoms with Crippen molar-refractivity contribution in [1.82, 2.24) is 10.2 Å². The van der Waals surface area contributed by atoms with Gasteiger partial charge in [0.15, 0.2) is 0 Å². The van der Waals surface area contributed by atoms with Crippen LogP contribution in [0.1, 0.15) is 45.4 Å². The lowest BCUT2D eigenvalue weighted by Gasteiger charge is -2.23. The fraction of sp³-hybridized carbons (Fsp3) is 1.00. The third-order valence-electron chi connectivity index (χ3n) is 4.21. The van der Waals surface area contributed by atoms with Crippen LogP contribution in [-0.4, -0.2) is 48.3 Å². The predicted molar refractivity (Wildman–Crippen MR) is 71.1 cm³/mol. The van der Waals surface area contributed by atoms with E-state index in [1.54, 1.807) is 0 Å². The summed E-state index contributed by atoms with van der Waals surface area (Å²) in [4.78, 5) is 2.45. The molecule has 2 N–H and O–H groups in total. The molecule has 0 radical (unpaired) electrons. The van der Waals surface area contributed by atoms with E-state index in [-0.39, 0.29) is 6.10 Å². The molecule has 0 aromatic heterocycles. The molecule has 100 valence electrons. The molecule has 2 unspecified atom stereocenters. The molecule has 2 aliphatic rings. The van der Waals surface area contributed by atoms with E-state index >= 15 is 0 Å². The molecule has 1 aliphatic carbocycles. The number of rotatable bonds is 6. The minimum absolute atomic E-state index is 0.186. The van der Waals surface area contributed by atoms with Gasteiger partial charge in [0, 0.05) is 19.1 Å². The van der Waals surface area contributed by atoms with Crippen LogP contribution < -0.4 is 5.32 Å². The van der Waals surface area contributed by atoms with Crippen molar-refractivity contribution in [1.29, 1.82) is 0 Å². The number of aliphatic hydroxyl groups is 1. The van der Waals surface area contributed by atoms with Crippen molar-refractivity contribution < 1.29 is 5.11 Å². The molecule has 1 aliphatic heterocycles. The maximum absolute atomic E-state index is 9.99. The van der Waals surface area contributed by atoms with E-state index in [0.29, 0.717) is 6.04 Å². The Balaban J connectivity index is 1.62. The van der Waals surface area contributed by atoms with Gasteiger partial charge in [0.25, 0.3) is 0 Å². The molecule has 0 amide bonds. The van der Waals surface area contributed by atoms with Gasteiger partial charge in [-0.1, -0.05) is 13.3 Å². The Morgan fingerprint density at radius 3 is 2.76 bits per heavy atom. The summed E-state index contributed by atoms with van der Waals surface area (Å²) in [7, 11) is 0. The highest BCUT2D eigenvalue weighted by Crippen LogP contribution is 2.20. The molecule has 2 atom stereocenters. The second-order valence-corrected chi connectivity index (χ2v) is 5.84. The van der Waals surface area contributed by atoms with Crippen molar-refractivity contribution in [3.05, 3.63) is 0 Å². The molecule has 2 fully saturated rings. The first-order chi connectivity index (χ1) is 8.28. The zero-order valence-corrected chi connectivity index (χ0v) is 11.2. The average molecular weight is 240 g/mol. The van der Waals surface area contributed by atoms with Gasteiger partial charge in [-0.2, -0.15) is 0 Å². The van der Waals surface area contributed by atoms with E-state index in [0.717, 1.165) is 19.0 Å². The summed E-state index contributed by atoms with van der Waals surface area (Å²) < 4.78 is 0. The largest absolute Gasteiger partial charge is 0.390 e. The van der Waals surface area contributed by atoms with E-state index in [1.165, 1.54) is 51.6 Å². The normalized spacial score (nSPS) is 28.9. The van der Waals surface area contributed by atoms with Crippen LogP contribution in [0.15, 0.2) is 0 Å². The minimum Gasteiger partial charge on any atom is -0.390 e. The third-order valence-corrected chi connectivity index (χ3v) is 4.21. The summed E-state index contributed by atoms with van der Waals surface area (Å²) in [5, 5.41) is 13.4. The second-order valence-electron chi connectivity index (χ2n) is 5.84. The second kappa shape index (κ2) is 6.72. The molecular formula is C14H28N2O. The first-order valence-corrected chi connectivity index (χ1v) is 7.41. The highest BCUT2D eigenvalue weighted by molar-refractivity contribution is 4.82. The van der Waals surface area contributed by atoms with Crippen molar-refractivity contribution in [2.75, 3.05) is 26.2 Å². The monoisotopic (exact) mass is 240 g/mol. The van der Waals surface area contributed by atoms with E-state index in [2.05, 4.69) is 17.1 Å². The Morgan fingerprint density at radius 2 is 2.06 bits per heavy atom. The van der Waals surface area contributed by atoms with Crippen molar-refractivity contribution in [3.8, 4) is 0 Å². The lowest BCUT2D eigenvalue weighted by atomic mass is 9.98. The highest BCUT2D eigenvalue weighted by atomic mass is 16.3. The Labute approximate surface area is 106 Å². The first kappa shape index (κ1) is 13.3. The quantitative estimate of drug-likeness (QED) is 0.740. The summed E-state index contributed by atoms with van der Waals surface area (Å²) in [5.74, 6) is 0.918. The molecule has 0 bridgehead atoms. The van der Waals surface area contributed by atoms with Gasteiger partial charge in [-0.3, -0.25) is 0 Å². The maximum atomic E-state index is 9.99. The van der Waals surface area contributed by atoms with Gasteiger partial charge < -0.3 is 15.3 Å². The van der Waals surface area contributed by atoms with Crippen LogP contribution in [0, 0.1) is 5.92 Å². The maximum Gasteiger partial charge on any atom is 0.0791 e. The van der Waals surface area contributed by atoms with Crippen LogP contribution in [0.25, 0.3) is 0 Å². The average Bonchev–Trinajstić information content (AvgIpc) is 3.14. The Morgan fingerprint density at radius 1 is 1.24 bits per heavy atom. The van der Waals surface area contributed by atoms with Crippen LogP contribution in [0.5, 0.6) is 0 Å². The molecule has 3 heteroatoms. The van der Waals surface area contributed by atoms with Crippen LogP contribution in [0.2, 0.25) is 0 Å². The van der Waals surface area contributed by atoms with Gasteiger partial charge in [-0.15, -0.1) is 0 Å². The van der Waals surface area contributed by atoms with Crippen LogP contribution >= 0.6 is 0 Å². The van der Waals surface area contributed by atoms with Crippen molar-refractivity contribution in [2.45, 2.75) is 57.6 Å². The summed E-state index contributed by atoms with van der Waals surface area (Å²) in [5.41, 5.74) is 0. The van der Waals surface area contributed by atoms with Gasteiger partial charge >= 0.3 is 0 Å². The third kappa shape index (κ3) is 4.94. The molecule has 0 spiro atoms. The number of hydrogen-bond donors (Lipinski definition) is 2. The first-order valence-electron chi connectivity index (χ1n) is 7.41. The standard InChI is InChI=1S/C14H28N2O/c1-2-12-4-3-8-16(9-7-12)11-14(17)10-15-13-5-6-13/h12-15,17H,2-11H2,1H3. The molecule has 1 saturated heterocycles. The summed E-state index contributed by atoms with van der Waals surface area (Å²) >= 11 is 0. The van der Waals surface area contributed by atoms with Gasteiger partial charge in [0.2, 0.25) is 0 Å². The minimum atomic E-state index is -0.186. The highest BCUT2D eigenvalue weighted by Gasteiger charge is 2.22. The van der Waals surface area contributed by atoms with Crippen LogP contribution in [-0.2, 0) is 0 Å². The Hall–Kier alpha value is -0.120. The lowest BCUT2D eigenvalue weighted by Crippen LogP contribution is -2.39. The molecule has 1 saturated carbocycles. The summed E-state index contributed by atoms with van der Waals surface area (Å²) in [6.07, 6.45) is 7.74. The topological polar surface area (TPSA) is 35.5 Å². The van der Waals surface area contributed by atoms with Gasteiger partial charge in [0.05, 0.1) is 6.10 Å². The number of nitrogens with one attached hydrogen (secondary N) is 1. The van der Waals surface area contributed by atoms with E-state index in [4.69, 9.17) is 0 Å².